The Bertz CT molecular complexity index is 395. The van der Waals surface area contributed by atoms with Crippen molar-refractivity contribution in [3.05, 3.63) is 21.7 Å². The van der Waals surface area contributed by atoms with E-state index in [-0.39, 0.29) is 0 Å². The maximum absolute atomic E-state index is 8.80. The molecule has 0 saturated heterocycles. The van der Waals surface area contributed by atoms with Gasteiger partial charge >= 0.3 is 0 Å². The fraction of sp³-hybridized carbons (Fsp3) is 0.455. The van der Waals surface area contributed by atoms with Gasteiger partial charge < -0.3 is 14.7 Å². The number of benzene rings is 1. The molecule has 0 saturated carbocycles. The third-order valence-electron chi connectivity index (χ3n) is 2.58. The Kier molecular flexibility index (Phi) is 3.68. The summed E-state index contributed by atoms with van der Waals surface area (Å²) in [5.41, 5.74) is 4.27. The first kappa shape index (κ1) is 11.7. The molecule has 5 heteroatoms. The Morgan fingerprint density at radius 3 is 2.69 bits per heavy atom. The highest BCUT2D eigenvalue weighted by Gasteiger charge is 2.21. The van der Waals surface area contributed by atoms with Gasteiger partial charge in [0, 0.05) is 12.1 Å². The van der Waals surface area contributed by atoms with Gasteiger partial charge in [0.15, 0.2) is 11.5 Å². The van der Waals surface area contributed by atoms with Crippen LogP contribution in [0.5, 0.6) is 11.5 Å². The van der Waals surface area contributed by atoms with E-state index in [9.17, 15) is 0 Å². The second kappa shape index (κ2) is 5.03. The number of halogens is 1. The van der Waals surface area contributed by atoms with Crippen molar-refractivity contribution in [1.82, 2.24) is 5.48 Å². The summed E-state index contributed by atoms with van der Waals surface area (Å²) in [7, 11) is 0. The van der Waals surface area contributed by atoms with E-state index in [0.29, 0.717) is 19.8 Å². The van der Waals surface area contributed by atoms with Crippen molar-refractivity contribution >= 4 is 15.9 Å². The quantitative estimate of drug-likeness (QED) is 0.838. The lowest BCUT2D eigenvalue weighted by Gasteiger charge is -2.24. The van der Waals surface area contributed by atoms with Gasteiger partial charge in [0.2, 0.25) is 0 Å². The first-order valence-corrected chi connectivity index (χ1v) is 6.04. The average molecular weight is 288 g/mol. The zero-order valence-corrected chi connectivity index (χ0v) is 10.6. The average Bonchev–Trinajstić information content (AvgIpc) is 2.30. The number of hydrogen-bond donors (Lipinski definition) is 2. The first-order valence-electron chi connectivity index (χ1n) is 5.24. The predicted molar refractivity (Wildman–Crippen MR) is 63.1 cm³/mol. The van der Waals surface area contributed by atoms with E-state index < -0.39 is 0 Å². The molecule has 1 aromatic carbocycles. The maximum atomic E-state index is 8.80. The molecular formula is C11H14BrNO3. The highest BCUT2D eigenvalue weighted by atomic mass is 79.9. The smallest absolute Gasteiger partial charge is 0.175 e. The van der Waals surface area contributed by atoms with Gasteiger partial charge in [0.05, 0.1) is 4.47 Å². The molecule has 88 valence electrons. The second-order valence-corrected chi connectivity index (χ2v) is 4.39. The van der Waals surface area contributed by atoms with Crippen LogP contribution in [0.3, 0.4) is 0 Å². The van der Waals surface area contributed by atoms with Crippen LogP contribution in [0.15, 0.2) is 10.5 Å². The Morgan fingerprint density at radius 1 is 1.38 bits per heavy atom. The van der Waals surface area contributed by atoms with Gasteiger partial charge in [-0.15, -0.1) is 0 Å². The zero-order valence-electron chi connectivity index (χ0n) is 9.05. The molecule has 2 rings (SSSR count). The standard InChI is InChI=1S/C11H14BrNO3/c1-2-8-7(6-13-14)5-9(12)11-10(8)15-3-4-16-11/h5,13-14H,2-4,6H2,1H3. The van der Waals surface area contributed by atoms with Gasteiger partial charge in [-0.3, -0.25) is 0 Å². The summed E-state index contributed by atoms with van der Waals surface area (Å²) in [6.45, 7) is 3.61. The Hall–Kier alpha value is -0.780. The molecule has 0 spiro atoms. The van der Waals surface area contributed by atoms with Gasteiger partial charge in [-0.2, -0.15) is 0 Å². The summed E-state index contributed by atoms with van der Waals surface area (Å²) in [5.74, 6) is 1.57. The van der Waals surface area contributed by atoms with Crippen LogP contribution >= 0.6 is 15.9 Å². The Balaban J connectivity index is 2.52. The van der Waals surface area contributed by atoms with Crippen LogP contribution in [0.4, 0.5) is 0 Å². The molecule has 0 unspecified atom stereocenters. The van der Waals surface area contributed by atoms with E-state index in [2.05, 4.69) is 28.3 Å². The van der Waals surface area contributed by atoms with E-state index in [1.807, 2.05) is 6.07 Å². The molecule has 1 aliphatic heterocycles. The summed E-state index contributed by atoms with van der Waals surface area (Å²) < 4.78 is 12.1. The van der Waals surface area contributed by atoms with Gasteiger partial charge in [0.1, 0.15) is 13.2 Å². The van der Waals surface area contributed by atoms with Crippen molar-refractivity contribution in [3.8, 4) is 11.5 Å². The molecule has 0 aliphatic carbocycles. The summed E-state index contributed by atoms with van der Waals surface area (Å²) in [4.78, 5) is 0. The minimum Gasteiger partial charge on any atom is -0.486 e. The number of hydrogen-bond acceptors (Lipinski definition) is 4. The van der Waals surface area contributed by atoms with Gasteiger partial charge in [-0.05, 0) is 34.0 Å². The Morgan fingerprint density at radius 2 is 2.06 bits per heavy atom. The highest BCUT2D eigenvalue weighted by Crippen LogP contribution is 2.42. The van der Waals surface area contributed by atoms with Crippen LogP contribution in [0, 0.1) is 0 Å². The lowest BCUT2D eigenvalue weighted by atomic mass is 10.0. The molecule has 0 amide bonds. The lowest BCUT2D eigenvalue weighted by molar-refractivity contribution is 0.158. The van der Waals surface area contributed by atoms with E-state index in [1.54, 1.807) is 0 Å². The molecule has 0 bridgehead atoms. The minimum absolute atomic E-state index is 0.401. The topological polar surface area (TPSA) is 50.7 Å². The van der Waals surface area contributed by atoms with Crippen molar-refractivity contribution in [3.63, 3.8) is 0 Å². The van der Waals surface area contributed by atoms with E-state index in [1.165, 1.54) is 0 Å². The van der Waals surface area contributed by atoms with Crippen LogP contribution < -0.4 is 15.0 Å². The zero-order chi connectivity index (χ0) is 11.5. The molecule has 4 nitrogen and oxygen atoms in total. The number of fused-ring (bicyclic) bond motifs is 1. The van der Waals surface area contributed by atoms with E-state index in [0.717, 1.165) is 33.5 Å². The normalized spacial score (nSPS) is 13.9. The molecule has 0 radical (unpaired) electrons. The van der Waals surface area contributed by atoms with Crippen LogP contribution in [-0.2, 0) is 13.0 Å². The number of ether oxygens (including phenoxy) is 2. The van der Waals surface area contributed by atoms with Crippen molar-refractivity contribution in [1.29, 1.82) is 0 Å². The number of nitrogens with one attached hydrogen (secondary N) is 1. The molecule has 1 heterocycles. The molecule has 16 heavy (non-hydrogen) atoms. The summed E-state index contributed by atoms with van der Waals surface area (Å²) in [5, 5.41) is 8.80. The summed E-state index contributed by atoms with van der Waals surface area (Å²) in [6, 6.07) is 1.95. The van der Waals surface area contributed by atoms with Crippen LogP contribution in [0.25, 0.3) is 0 Å². The molecule has 1 aromatic rings. The maximum Gasteiger partial charge on any atom is 0.175 e. The first-order chi connectivity index (χ1) is 7.77. The third kappa shape index (κ3) is 2.03. The molecule has 2 N–H and O–H groups in total. The molecular weight excluding hydrogens is 274 g/mol. The predicted octanol–water partition coefficient (Wildman–Crippen LogP) is 2.26. The van der Waals surface area contributed by atoms with Crippen LogP contribution in [-0.4, -0.2) is 18.4 Å². The highest BCUT2D eigenvalue weighted by molar-refractivity contribution is 9.10. The summed E-state index contributed by atoms with van der Waals surface area (Å²) >= 11 is 3.45. The molecule has 1 aliphatic rings. The van der Waals surface area contributed by atoms with Crippen molar-refractivity contribution < 1.29 is 14.7 Å². The summed E-state index contributed by atoms with van der Waals surface area (Å²) in [6.07, 6.45) is 0.843. The van der Waals surface area contributed by atoms with Gasteiger partial charge in [-0.25, -0.2) is 5.48 Å². The monoisotopic (exact) mass is 287 g/mol. The van der Waals surface area contributed by atoms with Crippen LogP contribution in [0.1, 0.15) is 18.1 Å². The SMILES string of the molecule is CCc1c(CNO)cc(Br)c2c1OCCO2. The lowest BCUT2D eigenvalue weighted by Crippen LogP contribution is -2.19. The van der Waals surface area contributed by atoms with Gasteiger partial charge in [-0.1, -0.05) is 6.92 Å². The van der Waals surface area contributed by atoms with E-state index >= 15 is 0 Å². The second-order valence-electron chi connectivity index (χ2n) is 3.54. The fourth-order valence-corrected chi connectivity index (χ4v) is 2.47. The largest absolute Gasteiger partial charge is 0.486 e. The molecule has 0 fully saturated rings. The number of hydroxylamine groups is 1. The van der Waals surface area contributed by atoms with E-state index in [4.69, 9.17) is 14.7 Å². The Labute approximate surface area is 103 Å². The van der Waals surface area contributed by atoms with Crippen molar-refractivity contribution in [2.75, 3.05) is 13.2 Å². The van der Waals surface area contributed by atoms with Crippen LogP contribution in [0.2, 0.25) is 0 Å². The minimum atomic E-state index is 0.401. The van der Waals surface area contributed by atoms with Crippen molar-refractivity contribution in [2.45, 2.75) is 19.9 Å². The fourth-order valence-electron chi connectivity index (χ4n) is 1.90. The van der Waals surface area contributed by atoms with Crippen molar-refractivity contribution in [2.24, 2.45) is 0 Å². The van der Waals surface area contributed by atoms with Gasteiger partial charge in [0.25, 0.3) is 0 Å². The molecule has 0 atom stereocenters. The third-order valence-corrected chi connectivity index (χ3v) is 3.17. The number of rotatable bonds is 3. The molecule has 0 aromatic heterocycles.